The molecule has 0 aliphatic carbocycles. The van der Waals surface area contributed by atoms with Crippen molar-refractivity contribution in [1.29, 1.82) is 4.78 Å². The first-order chi connectivity index (χ1) is 17.2. The van der Waals surface area contributed by atoms with Crippen LogP contribution in [0.5, 0.6) is 0 Å². The number of pyridine rings is 1. The summed E-state index contributed by atoms with van der Waals surface area (Å²) in [5.41, 5.74) is 3.84. The van der Waals surface area contributed by atoms with Crippen molar-refractivity contribution < 1.29 is 13.3 Å². The van der Waals surface area contributed by atoms with E-state index in [0.717, 1.165) is 74.5 Å². The maximum atomic E-state index is 14.3. The lowest BCUT2D eigenvalue weighted by molar-refractivity contribution is 0.0551. The highest BCUT2D eigenvalue weighted by Crippen LogP contribution is 2.34. The van der Waals surface area contributed by atoms with Crippen LogP contribution in [0, 0.1) is 29.4 Å². The Labute approximate surface area is 213 Å². The minimum absolute atomic E-state index is 0.242. The molecule has 2 atom stereocenters. The molecule has 0 saturated carbocycles. The molecule has 2 aliphatic rings. The molecule has 3 aromatic rings. The molecule has 0 bridgehead atoms. The van der Waals surface area contributed by atoms with Crippen molar-refractivity contribution in [2.45, 2.75) is 56.6 Å². The minimum atomic E-state index is -3.19. The maximum absolute atomic E-state index is 14.3. The number of benzene rings is 1. The predicted molar refractivity (Wildman–Crippen MR) is 142 cm³/mol. The Kier molecular flexibility index (Phi) is 7.21. The average molecular weight is 513 g/mol. The summed E-state index contributed by atoms with van der Waals surface area (Å²) in [6.07, 6.45) is 10.3. The van der Waals surface area contributed by atoms with Gasteiger partial charge in [-0.25, -0.2) is 13.4 Å². The second-order valence-electron chi connectivity index (χ2n) is 10.8. The number of likely N-dealkylation sites (tertiary alicyclic amines) is 1. The second kappa shape index (κ2) is 10.2. The van der Waals surface area contributed by atoms with Crippen LogP contribution in [0.15, 0.2) is 41.7 Å². The molecule has 36 heavy (non-hydrogen) atoms. The molecular weight excluding hydrogens is 475 g/mol. The summed E-state index contributed by atoms with van der Waals surface area (Å²) < 4.78 is 43.8. The number of nitrogens with one attached hydrogen (secondary N) is 1. The van der Waals surface area contributed by atoms with Crippen LogP contribution in [-0.2, 0) is 20.9 Å². The number of rotatable bonds is 7. The molecule has 0 radical (unpaired) electrons. The fourth-order valence-electron chi connectivity index (χ4n) is 5.83. The Morgan fingerprint density at radius 2 is 1.97 bits per heavy atom. The third kappa shape index (κ3) is 4.95. The van der Waals surface area contributed by atoms with Crippen LogP contribution in [0.3, 0.4) is 0 Å². The van der Waals surface area contributed by atoms with Gasteiger partial charge in [0.15, 0.2) is 0 Å². The number of hydrogen-bond donors (Lipinski definition) is 1. The molecular formula is C28H37FN4O2S. The smallest absolute Gasteiger partial charge is 0.124 e. The van der Waals surface area contributed by atoms with Crippen molar-refractivity contribution >= 4 is 20.6 Å². The van der Waals surface area contributed by atoms with Gasteiger partial charge in [0, 0.05) is 49.3 Å². The molecule has 5 rings (SSSR count). The highest BCUT2D eigenvalue weighted by molar-refractivity contribution is 7.93. The number of aromatic nitrogens is 2. The lowest BCUT2D eigenvalue weighted by atomic mass is 9.97. The van der Waals surface area contributed by atoms with Crippen LogP contribution in [0.2, 0.25) is 0 Å². The standard InChI is InChI=1S/C28H37FN4O2S/c1-19(2)36(30,34)27-13-24(29)4-5-25(27)33-18-23(28-20(3)14-31-15-26(28)33)12-22-6-9-32(17-22)16-21-7-10-35-11-8-21/h4-5,13-15,18-19,21-22,30H,6-12,16-17H2,1-3H3/t22-,36-/m0/s1. The van der Waals surface area contributed by atoms with Gasteiger partial charge in [0.2, 0.25) is 0 Å². The summed E-state index contributed by atoms with van der Waals surface area (Å²) in [6, 6.07) is 4.30. The molecule has 0 unspecified atom stereocenters. The molecule has 2 fully saturated rings. The van der Waals surface area contributed by atoms with E-state index in [1.807, 2.05) is 17.0 Å². The summed E-state index contributed by atoms with van der Waals surface area (Å²) in [4.78, 5) is 7.29. The van der Waals surface area contributed by atoms with Crippen molar-refractivity contribution in [3.63, 3.8) is 0 Å². The molecule has 8 heteroatoms. The number of fused-ring (bicyclic) bond motifs is 1. The number of hydrogen-bond acceptors (Lipinski definition) is 5. The van der Waals surface area contributed by atoms with Gasteiger partial charge in [-0.3, -0.25) is 4.98 Å². The number of halogens is 1. The van der Waals surface area contributed by atoms with E-state index in [-0.39, 0.29) is 4.90 Å². The minimum Gasteiger partial charge on any atom is -0.381 e. The van der Waals surface area contributed by atoms with E-state index in [9.17, 15) is 8.60 Å². The van der Waals surface area contributed by atoms with Crippen molar-refractivity contribution in [1.82, 2.24) is 14.5 Å². The summed E-state index contributed by atoms with van der Waals surface area (Å²) in [5, 5.41) is 0.726. The highest BCUT2D eigenvalue weighted by atomic mass is 32.2. The fraction of sp³-hybridized carbons (Fsp3) is 0.536. The molecule has 2 saturated heterocycles. The zero-order valence-electron chi connectivity index (χ0n) is 21.5. The molecule has 6 nitrogen and oxygen atoms in total. The summed E-state index contributed by atoms with van der Waals surface area (Å²) in [7, 11) is -3.19. The lowest BCUT2D eigenvalue weighted by Crippen LogP contribution is -2.31. The molecule has 1 N–H and O–H groups in total. The van der Waals surface area contributed by atoms with Gasteiger partial charge < -0.3 is 14.2 Å². The first-order valence-corrected chi connectivity index (χ1v) is 14.7. The zero-order chi connectivity index (χ0) is 25.4. The lowest BCUT2D eigenvalue weighted by Gasteiger charge is -2.27. The largest absolute Gasteiger partial charge is 0.381 e. The maximum Gasteiger partial charge on any atom is 0.124 e. The Morgan fingerprint density at radius 3 is 2.72 bits per heavy atom. The number of aryl methyl sites for hydroxylation is 1. The molecule has 4 heterocycles. The molecule has 2 aliphatic heterocycles. The van der Waals surface area contributed by atoms with Gasteiger partial charge in [0.25, 0.3) is 0 Å². The van der Waals surface area contributed by atoms with Gasteiger partial charge >= 0.3 is 0 Å². The quantitative estimate of drug-likeness (QED) is 0.449. The first-order valence-electron chi connectivity index (χ1n) is 13.1. The van der Waals surface area contributed by atoms with Gasteiger partial charge in [-0.1, -0.05) is 0 Å². The number of nitrogens with zero attached hydrogens (tertiary/aromatic N) is 3. The molecule has 0 spiro atoms. The third-order valence-electron chi connectivity index (χ3n) is 7.89. The van der Waals surface area contributed by atoms with E-state index in [4.69, 9.17) is 9.52 Å². The summed E-state index contributed by atoms with van der Waals surface area (Å²) in [6.45, 7) is 10.8. The zero-order valence-corrected chi connectivity index (χ0v) is 22.3. The Hall–Kier alpha value is -2.29. The molecule has 0 amide bonds. The Balaban J connectivity index is 1.47. The van der Waals surface area contributed by atoms with Crippen molar-refractivity contribution in [3.05, 3.63) is 53.7 Å². The molecule has 194 valence electrons. The SMILES string of the molecule is Cc1cncc2c1c(C[C@@H]1CCN(CC3CCOCC3)C1)cn2-c1ccc(F)cc1[S@@](=N)(=O)C(C)C. The molecule has 1 aromatic carbocycles. The number of ether oxygens (including phenoxy) is 1. The van der Waals surface area contributed by atoms with E-state index < -0.39 is 20.8 Å². The van der Waals surface area contributed by atoms with E-state index in [0.29, 0.717) is 11.6 Å². The van der Waals surface area contributed by atoms with Gasteiger partial charge in [0.05, 0.1) is 32.0 Å². The van der Waals surface area contributed by atoms with Gasteiger partial charge in [-0.2, -0.15) is 0 Å². The van der Waals surface area contributed by atoms with Gasteiger partial charge in [-0.15, -0.1) is 0 Å². The topological polar surface area (TPSA) is 71.2 Å². The van der Waals surface area contributed by atoms with Crippen molar-refractivity contribution in [3.8, 4) is 5.69 Å². The highest BCUT2D eigenvalue weighted by Gasteiger charge is 2.28. The van der Waals surface area contributed by atoms with Crippen LogP contribution >= 0.6 is 0 Å². The van der Waals surface area contributed by atoms with Crippen LogP contribution < -0.4 is 0 Å². The van der Waals surface area contributed by atoms with E-state index in [1.165, 1.54) is 24.1 Å². The van der Waals surface area contributed by atoms with E-state index in [1.54, 1.807) is 19.9 Å². The van der Waals surface area contributed by atoms with Crippen LogP contribution in [0.25, 0.3) is 16.6 Å². The fourth-order valence-corrected chi connectivity index (χ4v) is 7.10. The normalized spacial score (nSPS) is 21.4. The second-order valence-corrected chi connectivity index (χ2v) is 13.4. The van der Waals surface area contributed by atoms with Gasteiger partial charge in [0.1, 0.15) is 5.82 Å². The Morgan fingerprint density at radius 1 is 1.19 bits per heavy atom. The Bertz CT molecular complexity index is 1350. The van der Waals surface area contributed by atoms with Crippen LogP contribution in [0.4, 0.5) is 4.39 Å². The van der Waals surface area contributed by atoms with Crippen LogP contribution in [-0.4, -0.2) is 56.8 Å². The van der Waals surface area contributed by atoms with E-state index in [2.05, 4.69) is 23.0 Å². The van der Waals surface area contributed by atoms with E-state index >= 15 is 0 Å². The molecule has 2 aromatic heterocycles. The van der Waals surface area contributed by atoms with Crippen molar-refractivity contribution in [2.24, 2.45) is 11.8 Å². The average Bonchev–Trinajstić information content (AvgIpc) is 3.45. The van der Waals surface area contributed by atoms with Crippen molar-refractivity contribution in [2.75, 3.05) is 32.8 Å². The van der Waals surface area contributed by atoms with Crippen LogP contribution in [0.1, 0.15) is 44.2 Å². The monoisotopic (exact) mass is 512 g/mol. The van der Waals surface area contributed by atoms with Gasteiger partial charge in [-0.05, 0) is 94.2 Å². The first kappa shape index (κ1) is 25.4. The predicted octanol–water partition coefficient (Wildman–Crippen LogP) is 5.58. The third-order valence-corrected chi connectivity index (χ3v) is 10.2. The summed E-state index contributed by atoms with van der Waals surface area (Å²) >= 11 is 0. The summed E-state index contributed by atoms with van der Waals surface area (Å²) in [5.74, 6) is 0.835.